The maximum atomic E-state index is 10.2. The second-order valence-corrected chi connectivity index (χ2v) is 6.23. The molecule has 2 rings (SSSR count). The Bertz CT molecular complexity index is 365. The zero-order valence-electron chi connectivity index (χ0n) is 11.0. The van der Waals surface area contributed by atoms with Gasteiger partial charge in [0.2, 0.25) is 0 Å². The maximum absolute atomic E-state index is 10.2. The fourth-order valence-corrected chi connectivity index (χ4v) is 3.04. The molecule has 0 amide bonds. The van der Waals surface area contributed by atoms with Gasteiger partial charge in [0, 0.05) is 17.1 Å². The van der Waals surface area contributed by atoms with Crippen LogP contribution in [0.15, 0.2) is 28.7 Å². The van der Waals surface area contributed by atoms with Crippen LogP contribution < -0.4 is 0 Å². The van der Waals surface area contributed by atoms with Gasteiger partial charge >= 0.3 is 0 Å². The van der Waals surface area contributed by atoms with Crippen molar-refractivity contribution >= 4 is 15.9 Å². The lowest BCUT2D eigenvalue weighted by molar-refractivity contribution is 0.0544. The highest BCUT2D eigenvalue weighted by atomic mass is 79.9. The Morgan fingerprint density at radius 2 is 1.83 bits per heavy atom. The molecule has 0 radical (unpaired) electrons. The number of nitrogens with zero attached hydrogens (tertiary/aromatic N) is 1. The first kappa shape index (κ1) is 14.0. The van der Waals surface area contributed by atoms with Crippen molar-refractivity contribution in [3.8, 4) is 0 Å². The molecule has 0 aromatic heterocycles. The summed E-state index contributed by atoms with van der Waals surface area (Å²) in [6, 6.07) is 8.75. The van der Waals surface area contributed by atoms with Crippen molar-refractivity contribution in [1.82, 2.24) is 4.90 Å². The Labute approximate surface area is 118 Å². The summed E-state index contributed by atoms with van der Waals surface area (Å²) in [4.78, 5) is 2.30. The van der Waals surface area contributed by atoms with Crippen LogP contribution >= 0.6 is 15.9 Å². The zero-order valence-corrected chi connectivity index (χ0v) is 12.6. The maximum Gasteiger partial charge on any atom is 0.0695 e. The molecule has 100 valence electrons. The van der Waals surface area contributed by atoms with Crippen LogP contribution in [0.1, 0.15) is 37.7 Å². The van der Waals surface area contributed by atoms with E-state index < -0.39 is 0 Å². The smallest absolute Gasteiger partial charge is 0.0695 e. The molecule has 0 bridgehead atoms. The quantitative estimate of drug-likeness (QED) is 0.863. The number of benzene rings is 1. The number of likely N-dealkylation sites (N-methyl/N-ethyl adjacent to an activating group) is 1. The van der Waals surface area contributed by atoms with E-state index in [1.54, 1.807) is 0 Å². The van der Waals surface area contributed by atoms with Crippen molar-refractivity contribution in [2.45, 2.75) is 50.8 Å². The van der Waals surface area contributed by atoms with E-state index in [1.165, 1.54) is 24.8 Å². The molecule has 1 aliphatic carbocycles. The van der Waals surface area contributed by atoms with E-state index in [1.807, 2.05) is 0 Å². The highest BCUT2D eigenvalue weighted by Crippen LogP contribution is 2.23. The molecule has 1 aliphatic rings. The van der Waals surface area contributed by atoms with Crippen LogP contribution in [0.4, 0.5) is 0 Å². The predicted molar refractivity (Wildman–Crippen MR) is 78.5 cm³/mol. The number of halogens is 1. The molecular weight excluding hydrogens is 290 g/mol. The van der Waals surface area contributed by atoms with Gasteiger partial charge in [0.05, 0.1) is 6.10 Å². The van der Waals surface area contributed by atoms with Crippen molar-refractivity contribution in [2.75, 3.05) is 7.05 Å². The summed E-state index contributed by atoms with van der Waals surface area (Å²) in [5.74, 6) is 0. The van der Waals surface area contributed by atoms with Crippen LogP contribution in [0.3, 0.4) is 0 Å². The van der Waals surface area contributed by atoms with Gasteiger partial charge < -0.3 is 5.11 Å². The summed E-state index contributed by atoms with van der Waals surface area (Å²) in [6.45, 7) is 0.912. The van der Waals surface area contributed by atoms with E-state index >= 15 is 0 Å². The van der Waals surface area contributed by atoms with Crippen molar-refractivity contribution in [3.63, 3.8) is 0 Å². The molecule has 3 heteroatoms. The van der Waals surface area contributed by atoms with Gasteiger partial charge in [0.1, 0.15) is 0 Å². The Hall–Kier alpha value is -0.380. The first-order valence-corrected chi connectivity index (χ1v) is 7.59. The van der Waals surface area contributed by atoms with E-state index in [0.29, 0.717) is 6.04 Å². The average Bonchev–Trinajstić information content (AvgIpc) is 2.57. The lowest BCUT2D eigenvalue weighted by atomic mass is 10.0. The Balaban J connectivity index is 1.97. The molecule has 2 atom stereocenters. The summed E-state index contributed by atoms with van der Waals surface area (Å²) in [5.41, 5.74) is 1.30. The van der Waals surface area contributed by atoms with Gasteiger partial charge in [-0.2, -0.15) is 0 Å². The molecule has 1 aromatic rings. The van der Waals surface area contributed by atoms with Crippen LogP contribution in [-0.4, -0.2) is 29.2 Å². The van der Waals surface area contributed by atoms with Gasteiger partial charge in [-0.3, -0.25) is 4.90 Å². The van der Waals surface area contributed by atoms with Gasteiger partial charge in [-0.05, 0) is 37.6 Å². The van der Waals surface area contributed by atoms with E-state index in [9.17, 15) is 5.11 Å². The first-order valence-electron chi connectivity index (χ1n) is 6.79. The Morgan fingerprint density at radius 3 is 2.56 bits per heavy atom. The second-order valence-electron chi connectivity index (χ2n) is 5.31. The standard InChI is InChI=1S/C15H22BrNO/c1-17(11-12-7-9-13(16)10-8-12)14-5-3-2-4-6-15(14)18/h7-10,14-15,18H,2-6,11H2,1H3. The molecular formula is C15H22BrNO. The van der Waals surface area contributed by atoms with Gasteiger partial charge in [-0.15, -0.1) is 0 Å². The van der Waals surface area contributed by atoms with Crippen LogP contribution in [0.2, 0.25) is 0 Å². The lowest BCUT2D eigenvalue weighted by Gasteiger charge is -2.30. The molecule has 0 aliphatic heterocycles. The van der Waals surface area contributed by atoms with Crippen LogP contribution in [0, 0.1) is 0 Å². The van der Waals surface area contributed by atoms with Crippen molar-refractivity contribution in [1.29, 1.82) is 0 Å². The molecule has 2 unspecified atom stereocenters. The van der Waals surface area contributed by atoms with Gasteiger partial charge in [-0.1, -0.05) is 47.3 Å². The van der Waals surface area contributed by atoms with Gasteiger partial charge in [0.25, 0.3) is 0 Å². The highest BCUT2D eigenvalue weighted by Gasteiger charge is 2.25. The molecule has 0 saturated heterocycles. The van der Waals surface area contributed by atoms with E-state index in [-0.39, 0.29) is 6.10 Å². The number of hydrogen-bond donors (Lipinski definition) is 1. The minimum Gasteiger partial charge on any atom is -0.391 e. The fourth-order valence-electron chi connectivity index (χ4n) is 2.78. The summed E-state index contributed by atoms with van der Waals surface area (Å²) in [6.07, 6.45) is 5.59. The second kappa shape index (κ2) is 6.69. The molecule has 0 heterocycles. The van der Waals surface area contributed by atoms with Crippen LogP contribution in [0.5, 0.6) is 0 Å². The summed E-state index contributed by atoms with van der Waals surface area (Å²) in [7, 11) is 2.13. The third-order valence-corrected chi connectivity index (χ3v) is 4.38. The Kier molecular flexibility index (Phi) is 5.22. The fraction of sp³-hybridized carbons (Fsp3) is 0.600. The summed E-state index contributed by atoms with van der Waals surface area (Å²) in [5, 5.41) is 10.2. The minimum atomic E-state index is -0.159. The lowest BCUT2D eigenvalue weighted by Crippen LogP contribution is -2.40. The number of rotatable bonds is 3. The predicted octanol–water partition coefficient (Wildman–Crippen LogP) is 3.57. The third-order valence-electron chi connectivity index (χ3n) is 3.86. The molecule has 1 saturated carbocycles. The normalized spacial score (nSPS) is 25.1. The van der Waals surface area contributed by atoms with Crippen molar-refractivity contribution in [2.24, 2.45) is 0 Å². The highest BCUT2D eigenvalue weighted by molar-refractivity contribution is 9.10. The topological polar surface area (TPSA) is 23.5 Å². The summed E-state index contributed by atoms with van der Waals surface area (Å²) >= 11 is 3.45. The monoisotopic (exact) mass is 311 g/mol. The van der Waals surface area contributed by atoms with Crippen LogP contribution in [0.25, 0.3) is 0 Å². The summed E-state index contributed by atoms with van der Waals surface area (Å²) < 4.78 is 1.11. The number of hydrogen-bond acceptors (Lipinski definition) is 2. The Morgan fingerprint density at radius 1 is 1.17 bits per heavy atom. The van der Waals surface area contributed by atoms with Gasteiger partial charge in [-0.25, -0.2) is 0 Å². The molecule has 1 N–H and O–H groups in total. The van der Waals surface area contributed by atoms with Crippen LogP contribution in [-0.2, 0) is 6.54 Å². The van der Waals surface area contributed by atoms with Gasteiger partial charge in [0.15, 0.2) is 0 Å². The van der Waals surface area contributed by atoms with E-state index in [0.717, 1.165) is 23.9 Å². The van der Waals surface area contributed by atoms with E-state index in [2.05, 4.69) is 52.1 Å². The third kappa shape index (κ3) is 3.81. The first-order chi connectivity index (χ1) is 8.66. The van der Waals surface area contributed by atoms with Crippen molar-refractivity contribution in [3.05, 3.63) is 34.3 Å². The largest absolute Gasteiger partial charge is 0.391 e. The van der Waals surface area contributed by atoms with Crippen molar-refractivity contribution < 1.29 is 5.11 Å². The SMILES string of the molecule is CN(Cc1ccc(Br)cc1)C1CCCCCC1O. The molecule has 1 fully saturated rings. The zero-order chi connectivity index (χ0) is 13.0. The number of aliphatic hydroxyl groups excluding tert-OH is 1. The van der Waals surface area contributed by atoms with E-state index in [4.69, 9.17) is 0 Å². The molecule has 2 nitrogen and oxygen atoms in total. The minimum absolute atomic E-state index is 0.159. The average molecular weight is 312 g/mol. The number of aliphatic hydroxyl groups is 1. The molecule has 1 aromatic carbocycles. The molecule has 0 spiro atoms. The molecule has 18 heavy (non-hydrogen) atoms.